The summed E-state index contributed by atoms with van der Waals surface area (Å²) in [5.74, 6) is 1.82. The molecule has 0 fully saturated rings. The molecular weight excluding hydrogens is 583 g/mol. The van der Waals surface area contributed by atoms with Crippen molar-refractivity contribution in [3.8, 4) is 56.0 Å². The molecule has 0 radical (unpaired) electrons. The second-order valence-corrected chi connectivity index (χ2v) is 12.2. The number of ether oxygens (including phenoxy) is 1. The molecule has 0 amide bonds. The Labute approximate surface area is 280 Å². The van der Waals surface area contributed by atoms with E-state index in [9.17, 15) is 0 Å². The molecule has 0 atom stereocenters. The Morgan fingerprint density at radius 2 is 0.812 bits per heavy atom. The lowest BCUT2D eigenvalue weighted by molar-refractivity contribution is 0.487. The molecule has 2 heteroatoms. The molecule has 0 saturated carbocycles. The lowest BCUT2D eigenvalue weighted by atomic mass is 9.91. The van der Waals surface area contributed by atoms with Crippen molar-refractivity contribution in [2.75, 3.05) is 4.90 Å². The lowest BCUT2D eigenvalue weighted by Crippen LogP contribution is -2.09. The van der Waals surface area contributed by atoms with Crippen LogP contribution in [0.25, 0.3) is 55.3 Å². The largest absolute Gasteiger partial charge is 0.456 e. The predicted molar refractivity (Wildman–Crippen MR) is 200 cm³/mol. The van der Waals surface area contributed by atoms with Crippen LogP contribution in [0.2, 0.25) is 0 Å². The third kappa shape index (κ3) is 5.01. The van der Waals surface area contributed by atoms with Gasteiger partial charge in [0.2, 0.25) is 0 Å². The molecule has 0 saturated heterocycles. The van der Waals surface area contributed by atoms with Gasteiger partial charge in [0, 0.05) is 28.0 Å². The van der Waals surface area contributed by atoms with Gasteiger partial charge in [-0.2, -0.15) is 0 Å². The van der Waals surface area contributed by atoms with Gasteiger partial charge in [0.25, 0.3) is 0 Å². The van der Waals surface area contributed by atoms with Gasteiger partial charge >= 0.3 is 0 Å². The zero-order chi connectivity index (χ0) is 31.9. The quantitative estimate of drug-likeness (QED) is 0.185. The molecular formula is C46H31NO. The predicted octanol–water partition coefficient (Wildman–Crippen LogP) is 13.1. The van der Waals surface area contributed by atoms with E-state index in [4.69, 9.17) is 4.74 Å². The molecule has 1 aliphatic heterocycles. The lowest BCUT2D eigenvalue weighted by Gasteiger charge is -2.26. The van der Waals surface area contributed by atoms with Gasteiger partial charge in [-0.1, -0.05) is 127 Å². The van der Waals surface area contributed by atoms with E-state index in [1.54, 1.807) is 0 Å². The van der Waals surface area contributed by atoms with Gasteiger partial charge in [0.1, 0.15) is 11.5 Å². The van der Waals surface area contributed by atoms with Crippen molar-refractivity contribution in [3.05, 3.63) is 188 Å². The number of hydrogen-bond acceptors (Lipinski definition) is 2. The maximum Gasteiger partial charge on any atom is 0.135 e. The summed E-state index contributed by atoms with van der Waals surface area (Å²) in [5.41, 5.74) is 12.8. The molecule has 8 aromatic carbocycles. The number of nitrogens with zero attached hydrogens (tertiary/aromatic N) is 1. The minimum atomic E-state index is 0.898. The second kappa shape index (κ2) is 11.8. The summed E-state index contributed by atoms with van der Waals surface area (Å²) in [6, 6.07) is 66.8. The Kier molecular flexibility index (Phi) is 6.84. The van der Waals surface area contributed by atoms with E-state index in [0.717, 1.165) is 34.1 Å². The average molecular weight is 614 g/mol. The number of hydrogen-bond donors (Lipinski definition) is 0. The Hall–Kier alpha value is -6.38. The van der Waals surface area contributed by atoms with Crippen molar-refractivity contribution in [1.82, 2.24) is 0 Å². The van der Waals surface area contributed by atoms with E-state index < -0.39 is 0 Å². The fourth-order valence-electron chi connectivity index (χ4n) is 6.88. The summed E-state index contributed by atoms with van der Waals surface area (Å²) in [6.45, 7) is 0. The molecule has 0 bridgehead atoms. The van der Waals surface area contributed by atoms with Crippen LogP contribution >= 0.6 is 0 Å². The van der Waals surface area contributed by atoms with E-state index in [-0.39, 0.29) is 0 Å². The van der Waals surface area contributed by atoms with E-state index in [1.165, 1.54) is 49.7 Å². The van der Waals surface area contributed by atoms with Crippen molar-refractivity contribution in [1.29, 1.82) is 0 Å². The zero-order valence-corrected chi connectivity index (χ0v) is 26.3. The molecule has 0 aromatic heterocycles. The molecule has 0 N–H and O–H groups in total. The van der Waals surface area contributed by atoms with E-state index >= 15 is 0 Å². The summed E-state index contributed by atoms with van der Waals surface area (Å²) in [5, 5.41) is 2.37. The maximum absolute atomic E-state index is 6.35. The highest BCUT2D eigenvalue weighted by molar-refractivity contribution is 6.04. The number of benzene rings is 8. The van der Waals surface area contributed by atoms with Crippen LogP contribution in [-0.4, -0.2) is 0 Å². The van der Waals surface area contributed by atoms with E-state index in [0.29, 0.717) is 0 Å². The van der Waals surface area contributed by atoms with Crippen LogP contribution < -0.4 is 9.64 Å². The SMILES string of the molecule is c1ccc(-c2ccc(N(c3ccccc3)c3ccc(-c4cccc(-c5ccc6c(c5)-c5cccc7cccc(c57)O6)c4)cc3)cc2)cc1. The highest BCUT2D eigenvalue weighted by Crippen LogP contribution is 2.47. The van der Waals surface area contributed by atoms with Crippen molar-refractivity contribution in [2.45, 2.75) is 0 Å². The van der Waals surface area contributed by atoms with Gasteiger partial charge < -0.3 is 9.64 Å². The highest BCUT2D eigenvalue weighted by Gasteiger charge is 2.20. The summed E-state index contributed by atoms with van der Waals surface area (Å²) in [7, 11) is 0. The molecule has 1 aliphatic rings. The molecule has 0 unspecified atom stereocenters. The first-order valence-corrected chi connectivity index (χ1v) is 16.3. The van der Waals surface area contributed by atoms with Crippen LogP contribution in [0.5, 0.6) is 11.5 Å². The smallest absolute Gasteiger partial charge is 0.135 e. The third-order valence-electron chi connectivity index (χ3n) is 9.26. The van der Waals surface area contributed by atoms with Crippen molar-refractivity contribution < 1.29 is 4.74 Å². The molecule has 1 heterocycles. The summed E-state index contributed by atoms with van der Waals surface area (Å²) in [4.78, 5) is 2.31. The van der Waals surface area contributed by atoms with Crippen LogP contribution in [0.3, 0.4) is 0 Å². The van der Waals surface area contributed by atoms with Crippen LogP contribution in [-0.2, 0) is 0 Å². The van der Waals surface area contributed by atoms with Crippen LogP contribution in [0, 0.1) is 0 Å². The van der Waals surface area contributed by atoms with Gasteiger partial charge in [-0.3, -0.25) is 0 Å². The number of fused-ring (bicyclic) bond motifs is 2. The molecule has 9 rings (SSSR count). The van der Waals surface area contributed by atoms with E-state index in [2.05, 4.69) is 193 Å². The monoisotopic (exact) mass is 613 g/mol. The Balaban J connectivity index is 1.04. The van der Waals surface area contributed by atoms with Crippen molar-refractivity contribution >= 4 is 27.8 Å². The average Bonchev–Trinajstić information content (AvgIpc) is 3.16. The molecule has 2 nitrogen and oxygen atoms in total. The molecule has 0 aliphatic carbocycles. The van der Waals surface area contributed by atoms with Crippen molar-refractivity contribution in [2.24, 2.45) is 0 Å². The fraction of sp³-hybridized carbons (Fsp3) is 0. The number of anilines is 3. The summed E-state index contributed by atoms with van der Waals surface area (Å²) < 4.78 is 6.35. The number of rotatable bonds is 6. The molecule has 8 aromatic rings. The summed E-state index contributed by atoms with van der Waals surface area (Å²) >= 11 is 0. The first-order chi connectivity index (χ1) is 23.8. The fourth-order valence-corrected chi connectivity index (χ4v) is 6.88. The standard InChI is InChI=1S/C46H31NO/c1-3-10-32(11-4-1)33-20-25-40(26-21-33)47(39-16-5-2-6-17-39)41-27-22-34(23-28-41)36-14-7-15-37(30-36)38-24-29-44-43(31-38)42-18-8-12-35-13-9-19-45(48-44)46(35)42/h1-31H. The molecule has 48 heavy (non-hydrogen) atoms. The Morgan fingerprint density at radius 3 is 1.52 bits per heavy atom. The zero-order valence-electron chi connectivity index (χ0n) is 26.3. The van der Waals surface area contributed by atoms with Gasteiger partial charge in [-0.25, -0.2) is 0 Å². The van der Waals surface area contributed by atoms with Crippen LogP contribution in [0.15, 0.2) is 188 Å². The minimum Gasteiger partial charge on any atom is -0.456 e. The topological polar surface area (TPSA) is 12.5 Å². The molecule has 0 spiro atoms. The number of para-hydroxylation sites is 1. The van der Waals surface area contributed by atoms with Crippen LogP contribution in [0.1, 0.15) is 0 Å². The van der Waals surface area contributed by atoms with E-state index in [1.807, 2.05) is 0 Å². The molecule has 226 valence electrons. The highest BCUT2D eigenvalue weighted by atomic mass is 16.5. The Morgan fingerprint density at radius 1 is 0.312 bits per heavy atom. The normalized spacial score (nSPS) is 11.5. The second-order valence-electron chi connectivity index (χ2n) is 12.2. The van der Waals surface area contributed by atoms with Crippen molar-refractivity contribution in [3.63, 3.8) is 0 Å². The van der Waals surface area contributed by atoms with Gasteiger partial charge in [-0.15, -0.1) is 0 Å². The Bertz CT molecular complexity index is 2390. The first-order valence-electron chi connectivity index (χ1n) is 16.3. The van der Waals surface area contributed by atoms with Gasteiger partial charge in [0.15, 0.2) is 0 Å². The van der Waals surface area contributed by atoms with Gasteiger partial charge in [-0.05, 0) is 105 Å². The maximum atomic E-state index is 6.35. The van der Waals surface area contributed by atoms with Crippen LogP contribution in [0.4, 0.5) is 17.1 Å². The summed E-state index contributed by atoms with van der Waals surface area (Å²) in [6.07, 6.45) is 0. The minimum absolute atomic E-state index is 0.898. The first kappa shape index (κ1) is 27.9. The third-order valence-corrected chi connectivity index (χ3v) is 9.26. The van der Waals surface area contributed by atoms with Gasteiger partial charge in [0.05, 0.1) is 0 Å².